The first-order valence-corrected chi connectivity index (χ1v) is 12.5. The molecule has 2 bridgehead atoms. The van der Waals surface area contributed by atoms with Crippen LogP contribution in [0.15, 0.2) is 42.5 Å². The average molecular weight is 466 g/mol. The summed E-state index contributed by atoms with van der Waals surface area (Å²) >= 11 is 6.03. The summed E-state index contributed by atoms with van der Waals surface area (Å²) in [4.78, 5) is 32.1. The quantitative estimate of drug-likeness (QED) is 0.658. The zero-order chi connectivity index (χ0) is 22.9. The summed E-state index contributed by atoms with van der Waals surface area (Å²) in [6.45, 7) is 8.06. The van der Waals surface area contributed by atoms with Crippen molar-refractivity contribution in [1.29, 1.82) is 0 Å². The highest BCUT2D eigenvalue weighted by Crippen LogP contribution is 2.31. The lowest BCUT2D eigenvalue weighted by atomic mass is 9.84. The standard InChI is InChI=1S/C27H32ClN3O2/c1-19-4-5-21(16-30-10-2-3-26(30)32)12-25(19)27(33)31-17-22-11-23(18-31)15-29(14-22)13-20-6-8-24(28)9-7-20/h4-9,12,22-23H,2-3,10-11,13-18H2,1H3/t22-,23?/m0/s1. The monoisotopic (exact) mass is 465 g/mol. The summed E-state index contributed by atoms with van der Waals surface area (Å²) in [7, 11) is 0. The van der Waals surface area contributed by atoms with Crippen molar-refractivity contribution in [2.24, 2.45) is 11.8 Å². The Labute approximate surface area is 201 Å². The van der Waals surface area contributed by atoms with Crippen LogP contribution in [0, 0.1) is 18.8 Å². The molecule has 174 valence electrons. The second-order valence-corrected chi connectivity index (χ2v) is 10.5. The third-order valence-corrected chi connectivity index (χ3v) is 7.59. The highest BCUT2D eigenvalue weighted by Gasteiger charge is 2.36. The van der Waals surface area contributed by atoms with Crippen molar-refractivity contribution in [3.05, 3.63) is 69.7 Å². The Bertz CT molecular complexity index is 1020. The van der Waals surface area contributed by atoms with E-state index in [1.807, 2.05) is 36.1 Å². The van der Waals surface area contributed by atoms with Crippen molar-refractivity contribution >= 4 is 23.4 Å². The lowest BCUT2D eigenvalue weighted by Crippen LogP contribution is -2.53. The molecule has 0 N–H and O–H groups in total. The van der Waals surface area contributed by atoms with Crippen LogP contribution in [-0.2, 0) is 17.9 Å². The molecule has 5 rings (SSSR count). The molecule has 0 spiro atoms. The van der Waals surface area contributed by atoms with Gasteiger partial charge in [-0.05, 0) is 66.5 Å². The van der Waals surface area contributed by atoms with Crippen LogP contribution in [0.1, 0.15) is 46.3 Å². The number of halogens is 1. The summed E-state index contributed by atoms with van der Waals surface area (Å²) < 4.78 is 0. The third kappa shape index (κ3) is 5.10. The van der Waals surface area contributed by atoms with Gasteiger partial charge in [-0.2, -0.15) is 0 Å². The summed E-state index contributed by atoms with van der Waals surface area (Å²) in [6.07, 6.45) is 2.78. The van der Waals surface area contributed by atoms with Crippen molar-refractivity contribution in [1.82, 2.24) is 14.7 Å². The largest absolute Gasteiger partial charge is 0.338 e. The highest BCUT2D eigenvalue weighted by molar-refractivity contribution is 6.30. The molecule has 2 atom stereocenters. The Hall–Kier alpha value is -2.37. The molecule has 5 nitrogen and oxygen atoms in total. The molecule has 3 saturated heterocycles. The first-order valence-electron chi connectivity index (χ1n) is 12.1. The Morgan fingerprint density at radius 1 is 0.970 bits per heavy atom. The normalized spacial score (nSPS) is 23.3. The molecule has 3 aliphatic heterocycles. The van der Waals surface area contributed by atoms with Crippen molar-refractivity contribution in [2.75, 3.05) is 32.7 Å². The van der Waals surface area contributed by atoms with Gasteiger partial charge in [0.15, 0.2) is 0 Å². The fraction of sp³-hybridized carbons (Fsp3) is 0.481. The minimum atomic E-state index is 0.142. The number of aryl methyl sites for hydroxylation is 1. The smallest absolute Gasteiger partial charge is 0.254 e. The molecular weight excluding hydrogens is 434 g/mol. The van der Waals surface area contributed by atoms with Gasteiger partial charge in [-0.3, -0.25) is 14.5 Å². The number of hydrogen-bond acceptors (Lipinski definition) is 3. The Balaban J connectivity index is 1.24. The average Bonchev–Trinajstić information content (AvgIpc) is 3.20. The van der Waals surface area contributed by atoms with Crippen LogP contribution in [0.25, 0.3) is 0 Å². The second-order valence-electron chi connectivity index (χ2n) is 10.1. The van der Waals surface area contributed by atoms with Gasteiger partial charge in [0.25, 0.3) is 5.91 Å². The Kier molecular flexibility index (Phi) is 6.44. The first kappa shape index (κ1) is 22.4. The summed E-state index contributed by atoms with van der Waals surface area (Å²) in [5, 5.41) is 0.773. The van der Waals surface area contributed by atoms with Gasteiger partial charge in [0.2, 0.25) is 5.91 Å². The summed E-state index contributed by atoms with van der Waals surface area (Å²) in [5.74, 6) is 1.39. The molecule has 3 aliphatic rings. The van der Waals surface area contributed by atoms with E-state index in [4.69, 9.17) is 11.6 Å². The summed E-state index contributed by atoms with van der Waals surface area (Å²) in [6, 6.07) is 14.2. The number of benzene rings is 2. The van der Waals surface area contributed by atoms with Crippen molar-refractivity contribution < 1.29 is 9.59 Å². The maximum absolute atomic E-state index is 13.5. The lowest BCUT2D eigenvalue weighted by Gasteiger charge is -2.46. The number of piperidine rings is 2. The van der Waals surface area contributed by atoms with Gasteiger partial charge in [-0.15, -0.1) is 0 Å². The molecule has 3 heterocycles. The van der Waals surface area contributed by atoms with Crippen LogP contribution in [0.2, 0.25) is 5.02 Å². The number of carbonyl (C=O) groups is 2. The predicted molar refractivity (Wildman–Crippen MR) is 130 cm³/mol. The Morgan fingerprint density at radius 3 is 2.33 bits per heavy atom. The van der Waals surface area contributed by atoms with Gasteiger partial charge in [0.05, 0.1) is 0 Å². The number of fused-ring (bicyclic) bond motifs is 2. The number of nitrogens with zero attached hydrogens (tertiary/aromatic N) is 3. The van der Waals surface area contributed by atoms with Gasteiger partial charge >= 0.3 is 0 Å². The van der Waals surface area contributed by atoms with E-state index in [0.717, 1.165) is 67.4 Å². The van der Waals surface area contributed by atoms with E-state index in [1.165, 1.54) is 12.0 Å². The summed E-state index contributed by atoms with van der Waals surface area (Å²) in [5.41, 5.74) is 4.13. The van der Waals surface area contributed by atoms with Gasteiger partial charge in [0, 0.05) is 62.8 Å². The topological polar surface area (TPSA) is 43.9 Å². The number of rotatable bonds is 5. The van der Waals surface area contributed by atoms with Crippen molar-refractivity contribution in [3.63, 3.8) is 0 Å². The van der Waals surface area contributed by atoms with Crippen LogP contribution in [-0.4, -0.2) is 59.2 Å². The number of amides is 2. The highest BCUT2D eigenvalue weighted by atomic mass is 35.5. The van der Waals surface area contributed by atoms with E-state index in [-0.39, 0.29) is 11.8 Å². The number of likely N-dealkylation sites (tertiary alicyclic amines) is 3. The van der Waals surface area contributed by atoms with Crippen molar-refractivity contribution in [2.45, 2.75) is 39.3 Å². The van der Waals surface area contributed by atoms with Crippen LogP contribution < -0.4 is 0 Å². The van der Waals surface area contributed by atoms with Crippen molar-refractivity contribution in [3.8, 4) is 0 Å². The molecular formula is C27H32ClN3O2. The predicted octanol–water partition coefficient (Wildman–Crippen LogP) is 4.36. The molecule has 2 aromatic carbocycles. The van der Waals surface area contributed by atoms with E-state index >= 15 is 0 Å². The SMILES string of the molecule is Cc1ccc(CN2CCCC2=O)cc1C(=O)N1CC2C[C@@H](CN(Cc3ccc(Cl)cc3)C2)C1. The van der Waals surface area contributed by atoms with Gasteiger partial charge in [-0.1, -0.05) is 35.9 Å². The van der Waals surface area contributed by atoms with Gasteiger partial charge in [-0.25, -0.2) is 0 Å². The lowest BCUT2D eigenvalue weighted by molar-refractivity contribution is -0.128. The van der Waals surface area contributed by atoms with E-state index in [1.54, 1.807) is 0 Å². The van der Waals surface area contributed by atoms with Crippen LogP contribution in [0.5, 0.6) is 0 Å². The molecule has 2 amide bonds. The van der Waals surface area contributed by atoms with E-state index in [0.29, 0.717) is 24.8 Å². The zero-order valence-corrected chi connectivity index (χ0v) is 20.1. The second kappa shape index (κ2) is 9.47. The molecule has 0 saturated carbocycles. The van der Waals surface area contributed by atoms with E-state index < -0.39 is 0 Å². The maximum Gasteiger partial charge on any atom is 0.254 e. The van der Waals surface area contributed by atoms with Crippen LogP contribution in [0.3, 0.4) is 0 Å². The molecule has 3 fully saturated rings. The van der Waals surface area contributed by atoms with Gasteiger partial charge < -0.3 is 9.80 Å². The maximum atomic E-state index is 13.5. The van der Waals surface area contributed by atoms with E-state index in [2.05, 4.69) is 28.0 Å². The minimum Gasteiger partial charge on any atom is -0.338 e. The van der Waals surface area contributed by atoms with Crippen LogP contribution in [0.4, 0.5) is 0 Å². The minimum absolute atomic E-state index is 0.142. The number of hydrogen-bond donors (Lipinski definition) is 0. The molecule has 0 aliphatic carbocycles. The first-order chi connectivity index (χ1) is 15.9. The fourth-order valence-electron chi connectivity index (χ4n) is 5.79. The zero-order valence-electron chi connectivity index (χ0n) is 19.3. The molecule has 6 heteroatoms. The third-order valence-electron chi connectivity index (χ3n) is 7.34. The fourth-order valence-corrected chi connectivity index (χ4v) is 5.92. The molecule has 2 aromatic rings. The number of carbonyl (C=O) groups excluding carboxylic acids is 2. The van der Waals surface area contributed by atoms with Crippen LogP contribution >= 0.6 is 11.6 Å². The molecule has 0 radical (unpaired) electrons. The molecule has 0 aromatic heterocycles. The molecule has 1 unspecified atom stereocenters. The molecule has 33 heavy (non-hydrogen) atoms. The van der Waals surface area contributed by atoms with Gasteiger partial charge in [0.1, 0.15) is 0 Å². The Morgan fingerprint density at radius 2 is 1.67 bits per heavy atom. The van der Waals surface area contributed by atoms with E-state index in [9.17, 15) is 9.59 Å².